The van der Waals surface area contributed by atoms with E-state index in [9.17, 15) is 9.18 Å². The van der Waals surface area contributed by atoms with E-state index in [4.69, 9.17) is 9.47 Å². The molecule has 0 atom stereocenters. The van der Waals surface area contributed by atoms with Gasteiger partial charge in [-0.2, -0.15) is 0 Å². The summed E-state index contributed by atoms with van der Waals surface area (Å²) in [5.41, 5.74) is 3.36. The maximum absolute atomic E-state index is 13.6. The first-order valence-corrected chi connectivity index (χ1v) is 13.8. The predicted molar refractivity (Wildman–Crippen MR) is 153 cm³/mol. The third-order valence-electron chi connectivity index (χ3n) is 6.65. The number of rotatable bonds is 11. The van der Waals surface area contributed by atoms with Crippen molar-refractivity contribution < 1.29 is 18.7 Å². The van der Waals surface area contributed by atoms with Gasteiger partial charge >= 0.3 is 0 Å². The number of amides is 1. The van der Waals surface area contributed by atoms with Gasteiger partial charge < -0.3 is 20.1 Å². The Labute approximate surface area is 230 Å². The van der Waals surface area contributed by atoms with Crippen molar-refractivity contribution in [3.63, 3.8) is 0 Å². The number of aromatic nitrogens is 1. The summed E-state index contributed by atoms with van der Waals surface area (Å²) in [4.78, 5) is 19.5. The highest BCUT2D eigenvalue weighted by atomic mass is 19.1. The number of pyridine rings is 1. The van der Waals surface area contributed by atoms with Gasteiger partial charge in [-0.1, -0.05) is 12.1 Å². The molecule has 1 aromatic heterocycles. The second-order valence-corrected chi connectivity index (χ2v) is 10.1. The molecule has 208 valence electrons. The number of carbonyl (C=O) groups excluding carboxylic acids is 1. The number of ether oxygens (including phenoxy) is 2. The van der Waals surface area contributed by atoms with Crippen molar-refractivity contribution in [2.45, 2.75) is 59.2 Å². The minimum Gasteiger partial charge on any atom is -0.493 e. The second-order valence-electron chi connectivity index (χ2n) is 10.1. The van der Waals surface area contributed by atoms with Crippen LogP contribution in [-0.2, 0) is 6.54 Å². The standard InChI is InChI=1S/C31H39FN4O3/c1-5-38-27-17-22(18-28(39-6-2)30(27)23-7-10-25(32)11-8-23)20-36-15-13-26(14-16-36)35-31(37)24-9-12-29(33-19-24)34-21(3)4/h7-12,17-19,21,26H,5-6,13-16,20H2,1-4H3,(H,33,34)(H,35,37). The van der Waals surface area contributed by atoms with Crippen LogP contribution >= 0.6 is 0 Å². The maximum atomic E-state index is 13.6. The lowest BCUT2D eigenvalue weighted by atomic mass is 9.99. The lowest BCUT2D eigenvalue weighted by molar-refractivity contribution is 0.0908. The van der Waals surface area contributed by atoms with Crippen LogP contribution in [0.3, 0.4) is 0 Å². The van der Waals surface area contributed by atoms with E-state index >= 15 is 0 Å². The zero-order valence-corrected chi connectivity index (χ0v) is 23.3. The van der Waals surface area contributed by atoms with E-state index < -0.39 is 0 Å². The average molecular weight is 535 g/mol. The molecule has 1 saturated heterocycles. The minimum absolute atomic E-state index is 0.0869. The second kappa shape index (κ2) is 13.4. The first kappa shape index (κ1) is 28.4. The summed E-state index contributed by atoms with van der Waals surface area (Å²) in [5.74, 6) is 1.86. The van der Waals surface area contributed by atoms with Crippen LogP contribution < -0.4 is 20.1 Å². The van der Waals surface area contributed by atoms with Crippen molar-refractivity contribution in [3.05, 3.63) is 71.7 Å². The number of carbonyl (C=O) groups is 1. The average Bonchev–Trinajstić information content (AvgIpc) is 2.91. The first-order chi connectivity index (χ1) is 18.9. The number of benzene rings is 2. The molecule has 8 heteroatoms. The molecule has 39 heavy (non-hydrogen) atoms. The molecule has 0 spiro atoms. The molecule has 2 heterocycles. The number of nitrogens with one attached hydrogen (secondary N) is 2. The molecule has 0 bridgehead atoms. The van der Waals surface area contributed by atoms with Gasteiger partial charge in [-0.25, -0.2) is 9.37 Å². The summed E-state index contributed by atoms with van der Waals surface area (Å²) in [6.07, 6.45) is 3.36. The molecule has 1 fully saturated rings. The lowest BCUT2D eigenvalue weighted by Gasteiger charge is -2.32. The SMILES string of the molecule is CCOc1cc(CN2CCC(NC(=O)c3ccc(NC(C)C)nc3)CC2)cc(OCC)c1-c1ccc(F)cc1. The zero-order chi connectivity index (χ0) is 27.8. The Morgan fingerprint density at radius 2 is 1.67 bits per heavy atom. The van der Waals surface area contributed by atoms with E-state index in [2.05, 4.69) is 32.7 Å². The summed E-state index contributed by atoms with van der Waals surface area (Å²) >= 11 is 0. The number of hydrogen-bond donors (Lipinski definition) is 2. The molecule has 2 N–H and O–H groups in total. The first-order valence-electron chi connectivity index (χ1n) is 13.8. The highest BCUT2D eigenvalue weighted by Crippen LogP contribution is 2.40. The molecule has 4 rings (SSSR count). The van der Waals surface area contributed by atoms with E-state index in [1.54, 1.807) is 18.3 Å². The molecule has 1 aliphatic rings. The molecular formula is C31H39FN4O3. The largest absolute Gasteiger partial charge is 0.493 e. The van der Waals surface area contributed by atoms with Crippen LogP contribution in [0.5, 0.6) is 11.5 Å². The highest BCUT2D eigenvalue weighted by Gasteiger charge is 2.23. The van der Waals surface area contributed by atoms with E-state index in [-0.39, 0.29) is 23.8 Å². The number of halogens is 1. The fraction of sp³-hybridized carbons (Fsp3) is 0.419. The summed E-state index contributed by atoms with van der Waals surface area (Å²) in [5, 5.41) is 6.40. The Morgan fingerprint density at radius 3 is 2.21 bits per heavy atom. The normalized spacial score (nSPS) is 14.3. The van der Waals surface area contributed by atoms with Gasteiger partial charge in [-0.15, -0.1) is 0 Å². The van der Waals surface area contributed by atoms with E-state index in [1.165, 1.54) is 12.1 Å². The van der Waals surface area contributed by atoms with Gasteiger partial charge in [-0.3, -0.25) is 9.69 Å². The van der Waals surface area contributed by atoms with Crippen LogP contribution in [0.1, 0.15) is 56.5 Å². The number of likely N-dealkylation sites (tertiary alicyclic amines) is 1. The van der Waals surface area contributed by atoms with E-state index in [0.717, 1.165) is 66.5 Å². The van der Waals surface area contributed by atoms with Crippen molar-refractivity contribution in [2.24, 2.45) is 0 Å². The highest BCUT2D eigenvalue weighted by molar-refractivity contribution is 5.94. The van der Waals surface area contributed by atoms with Gasteiger partial charge in [0.05, 0.1) is 24.3 Å². The van der Waals surface area contributed by atoms with E-state index in [1.807, 2.05) is 39.8 Å². The van der Waals surface area contributed by atoms with Gasteiger partial charge in [-0.05, 0) is 88.1 Å². The van der Waals surface area contributed by atoms with Gasteiger partial charge in [0, 0.05) is 37.9 Å². The molecule has 0 unspecified atom stereocenters. The smallest absolute Gasteiger partial charge is 0.253 e. The molecule has 0 aliphatic carbocycles. The molecular weight excluding hydrogens is 495 g/mol. The quantitative estimate of drug-likeness (QED) is 0.319. The van der Waals surface area contributed by atoms with Crippen LogP contribution in [0, 0.1) is 5.82 Å². The van der Waals surface area contributed by atoms with Crippen molar-refractivity contribution in [3.8, 4) is 22.6 Å². The topological polar surface area (TPSA) is 75.7 Å². The van der Waals surface area contributed by atoms with E-state index in [0.29, 0.717) is 18.8 Å². The molecule has 0 saturated carbocycles. The lowest BCUT2D eigenvalue weighted by Crippen LogP contribution is -2.44. The monoisotopic (exact) mass is 534 g/mol. The number of anilines is 1. The summed E-state index contributed by atoms with van der Waals surface area (Å²) in [6.45, 7) is 11.5. The predicted octanol–water partition coefficient (Wildman–Crippen LogP) is 5.90. The Bertz CT molecular complexity index is 1200. The van der Waals surface area contributed by atoms with Crippen LogP contribution in [0.4, 0.5) is 10.2 Å². The molecule has 1 aliphatic heterocycles. The van der Waals surface area contributed by atoms with Gasteiger partial charge in [0.25, 0.3) is 5.91 Å². The molecule has 1 amide bonds. The summed E-state index contributed by atoms with van der Waals surface area (Å²) < 4.78 is 25.6. The van der Waals surface area contributed by atoms with Crippen LogP contribution in [0.15, 0.2) is 54.7 Å². The Balaban J connectivity index is 1.39. The third-order valence-corrected chi connectivity index (χ3v) is 6.65. The fourth-order valence-corrected chi connectivity index (χ4v) is 4.85. The summed E-state index contributed by atoms with van der Waals surface area (Å²) in [7, 11) is 0. The molecule has 0 radical (unpaired) electrons. The van der Waals surface area contributed by atoms with Gasteiger partial charge in [0.2, 0.25) is 0 Å². The zero-order valence-electron chi connectivity index (χ0n) is 23.3. The Hall–Kier alpha value is -3.65. The number of nitrogens with zero attached hydrogens (tertiary/aromatic N) is 2. The van der Waals surface area contributed by atoms with Crippen molar-refractivity contribution in [2.75, 3.05) is 31.6 Å². The Morgan fingerprint density at radius 1 is 1.03 bits per heavy atom. The van der Waals surface area contributed by atoms with Gasteiger partial charge in [0.15, 0.2) is 0 Å². The van der Waals surface area contributed by atoms with Crippen molar-refractivity contribution in [1.29, 1.82) is 0 Å². The van der Waals surface area contributed by atoms with Crippen LogP contribution in [0.2, 0.25) is 0 Å². The van der Waals surface area contributed by atoms with Crippen LogP contribution in [0.25, 0.3) is 11.1 Å². The van der Waals surface area contributed by atoms with Crippen molar-refractivity contribution >= 4 is 11.7 Å². The number of hydrogen-bond acceptors (Lipinski definition) is 6. The summed E-state index contributed by atoms with van der Waals surface area (Å²) in [6, 6.07) is 14.6. The molecule has 2 aromatic carbocycles. The minimum atomic E-state index is -0.278. The third kappa shape index (κ3) is 7.69. The maximum Gasteiger partial charge on any atom is 0.253 e. The van der Waals surface area contributed by atoms with Gasteiger partial charge in [0.1, 0.15) is 23.1 Å². The fourth-order valence-electron chi connectivity index (χ4n) is 4.85. The van der Waals surface area contributed by atoms with Crippen LogP contribution in [-0.4, -0.2) is 54.2 Å². The Kier molecular flexibility index (Phi) is 9.76. The molecule has 7 nitrogen and oxygen atoms in total. The number of piperidine rings is 1. The van der Waals surface area contributed by atoms with Crippen molar-refractivity contribution in [1.82, 2.24) is 15.2 Å². The molecule has 3 aromatic rings.